The first-order valence-electron chi connectivity index (χ1n) is 5.61. The number of benzene rings is 1. The van der Waals surface area contributed by atoms with Crippen molar-refractivity contribution in [1.29, 1.82) is 0 Å². The molecule has 0 spiro atoms. The molecule has 0 fully saturated rings. The number of nitrogens with one attached hydrogen (secondary N) is 1. The Bertz CT molecular complexity index is 531. The molecule has 19 heavy (non-hydrogen) atoms. The SMILES string of the molecule is CSc1ccccc1NC(=O)CCSc1nncs1. The van der Waals surface area contributed by atoms with Gasteiger partial charge in [-0.05, 0) is 18.4 Å². The molecule has 1 aromatic carbocycles. The first-order valence-corrected chi connectivity index (χ1v) is 8.70. The van der Waals surface area contributed by atoms with Crippen LogP contribution in [0.2, 0.25) is 0 Å². The Balaban J connectivity index is 1.80. The van der Waals surface area contributed by atoms with Gasteiger partial charge in [-0.15, -0.1) is 22.0 Å². The predicted molar refractivity (Wildman–Crippen MR) is 82.1 cm³/mol. The largest absolute Gasteiger partial charge is 0.325 e. The van der Waals surface area contributed by atoms with E-state index in [1.54, 1.807) is 29.0 Å². The summed E-state index contributed by atoms with van der Waals surface area (Å²) in [7, 11) is 0. The average Bonchev–Trinajstić information content (AvgIpc) is 2.92. The molecule has 1 heterocycles. The maximum Gasteiger partial charge on any atom is 0.225 e. The van der Waals surface area contributed by atoms with E-state index in [4.69, 9.17) is 0 Å². The van der Waals surface area contributed by atoms with Crippen LogP contribution >= 0.6 is 34.9 Å². The fourth-order valence-corrected chi connectivity index (χ4v) is 3.47. The molecule has 0 aliphatic carbocycles. The van der Waals surface area contributed by atoms with Crippen molar-refractivity contribution in [2.24, 2.45) is 0 Å². The van der Waals surface area contributed by atoms with Crippen LogP contribution in [0.25, 0.3) is 0 Å². The maximum absolute atomic E-state index is 11.8. The standard InChI is InChI=1S/C12H13N3OS3/c1-17-10-5-3-2-4-9(10)14-11(16)6-7-18-12-15-13-8-19-12/h2-5,8H,6-7H2,1H3,(H,14,16). The normalized spacial score (nSPS) is 10.4. The van der Waals surface area contributed by atoms with Gasteiger partial charge in [0.25, 0.3) is 0 Å². The number of para-hydroxylation sites is 1. The highest BCUT2D eigenvalue weighted by molar-refractivity contribution is 8.01. The summed E-state index contributed by atoms with van der Waals surface area (Å²) in [5.74, 6) is 0.737. The lowest BCUT2D eigenvalue weighted by Crippen LogP contribution is -2.12. The zero-order valence-electron chi connectivity index (χ0n) is 10.3. The Morgan fingerprint density at radius 3 is 3.00 bits per heavy atom. The number of nitrogens with zero attached hydrogens (tertiary/aromatic N) is 2. The van der Waals surface area contributed by atoms with Gasteiger partial charge < -0.3 is 5.32 Å². The highest BCUT2D eigenvalue weighted by Crippen LogP contribution is 2.25. The van der Waals surface area contributed by atoms with Crippen LogP contribution in [0.4, 0.5) is 5.69 Å². The van der Waals surface area contributed by atoms with E-state index in [2.05, 4.69) is 15.5 Å². The maximum atomic E-state index is 11.8. The minimum atomic E-state index is 0.0264. The van der Waals surface area contributed by atoms with E-state index in [0.29, 0.717) is 12.2 Å². The van der Waals surface area contributed by atoms with E-state index >= 15 is 0 Å². The van der Waals surface area contributed by atoms with E-state index in [-0.39, 0.29) is 5.91 Å². The van der Waals surface area contributed by atoms with Crippen molar-refractivity contribution >= 4 is 46.5 Å². The molecular weight excluding hydrogens is 298 g/mol. The Morgan fingerprint density at radius 2 is 2.26 bits per heavy atom. The van der Waals surface area contributed by atoms with Gasteiger partial charge in [-0.3, -0.25) is 4.79 Å². The van der Waals surface area contributed by atoms with E-state index in [1.807, 2.05) is 30.5 Å². The number of hydrogen-bond acceptors (Lipinski definition) is 6. The van der Waals surface area contributed by atoms with Crippen LogP contribution in [-0.2, 0) is 4.79 Å². The highest BCUT2D eigenvalue weighted by atomic mass is 32.2. The molecule has 2 aromatic rings. The highest BCUT2D eigenvalue weighted by Gasteiger charge is 2.06. The van der Waals surface area contributed by atoms with Gasteiger partial charge in [-0.25, -0.2) is 0 Å². The molecule has 0 bridgehead atoms. The number of hydrogen-bond donors (Lipinski definition) is 1. The predicted octanol–water partition coefficient (Wildman–Crippen LogP) is 3.38. The van der Waals surface area contributed by atoms with Crippen molar-refractivity contribution in [3.8, 4) is 0 Å². The molecule has 2 rings (SSSR count). The summed E-state index contributed by atoms with van der Waals surface area (Å²) >= 11 is 4.67. The van der Waals surface area contributed by atoms with Gasteiger partial charge in [-0.1, -0.05) is 35.2 Å². The summed E-state index contributed by atoms with van der Waals surface area (Å²) < 4.78 is 0.900. The fraction of sp³-hybridized carbons (Fsp3) is 0.250. The molecule has 100 valence electrons. The molecule has 0 saturated carbocycles. The van der Waals surface area contributed by atoms with Gasteiger partial charge in [0, 0.05) is 17.1 Å². The van der Waals surface area contributed by atoms with Crippen LogP contribution in [0, 0.1) is 0 Å². The van der Waals surface area contributed by atoms with Crippen LogP contribution in [-0.4, -0.2) is 28.1 Å². The number of thioether (sulfide) groups is 2. The number of aromatic nitrogens is 2. The van der Waals surface area contributed by atoms with Crippen molar-refractivity contribution < 1.29 is 4.79 Å². The van der Waals surface area contributed by atoms with Crippen LogP contribution in [0.5, 0.6) is 0 Å². The lowest BCUT2D eigenvalue weighted by Gasteiger charge is -2.08. The van der Waals surface area contributed by atoms with Gasteiger partial charge in [0.15, 0.2) is 4.34 Å². The Hall–Kier alpha value is -1.05. The second kappa shape index (κ2) is 7.52. The third-order valence-corrected chi connectivity index (χ3v) is 4.93. The first-order chi connectivity index (χ1) is 9.29. The molecule has 0 unspecified atom stereocenters. The Labute approximate surface area is 124 Å². The fourth-order valence-electron chi connectivity index (χ4n) is 1.42. The number of rotatable bonds is 6. The molecule has 0 atom stereocenters. The third-order valence-electron chi connectivity index (χ3n) is 2.28. The minimum absolute atomic E-state index is 0.0264. The lowest BCUT2D eigenvalue weighted by atomic mass is 10.3. The number of carbonyl (C=O) groups excluding carboxylic acids is 1. The quantitative estimate of drug-likeness (QED) is 0.829. The van der Waals surface area contributed by atoms with Gasteiger partial charge in [0.2, 0.25) is 5.91 Å². The summed E-state index contributed by atoms with van der Waals surface area (Å²) in [6.45, 7) is 0. The van der Waals surface area contributed by atoms with Crippen LogP contribution in [0.1, 0.15) is 6.42 Å². The van der Waals surface area contributed by atoms with Crippen LogP contribution in [0.15, 0.2) is 39.0 Å². The second-order valence-electron chi connectivity index (χ2n) is 3.55. The van der Waals surface area contributed by atoms with Gasteiger partial charge in [0.05, 0.1) is 5.69 Å². The summed E-state index contributed by atoms with van der Waals surface area (Å²) in [6.07, 6.45) is 2.46. The average molecular weight is 311 g/mol. The summed E-state index contributed by atoms with van der Waals surface area (Å²) in [5, 5.41) is 10.6. The second-order valence-corrected chi connectivity index (χ2v) is 6.57. The first kappa shape index (κ1) is 14.4. The van der Waals surface area contributed by atoms with E-state index < -0.39 is 0 Å². The van der Waals surface area contributed by atoms with Gasteiger partial charge in [-0.2, -0.15) is 0 Å². The van der Waals surface area contributed by atoms with Crippen LogP contribution in [0.3, 0.4) is 0 Å². The molecule has 0 aliphatic rings. The Morgan fingerprint density at radius 1 is 1.42 bits per heavy atom. The van der Waals surface area contributed by atoms with Crippen molar-refractivity contribution in [2.75, 3.05) is 17.3 Å². The molecule has 1 N–H and O–H groups in total. The van der Waals surface area contributed by atoms with Crippen molar-refractivity contribution in [3.63, 3.8) is 0 Å². The minimum Gasteiger partial charge on any atom is -0.325 e. The molecule has 4 nitrogen and oxygen atoms in total. The zero-order chi connectivity index (χ0) is 13.5. The third kappa shape index (κ3) is 4.52. The summed E-state index contributed by atoms with van der Waals surface area (Å²) in [6, 6.07) is 7.80. The molecule has 7 heteroatoms. The topological polar surface area (TPSA) is 54.9 Å². The number of carbonyl (C=O) groups is 1. The summed E-state index contributed by atoms with van der Waals surface area (Å²) in [5.41, 5.74) is 2.57. The smallest absolute Gasteiger partial charge is 0.225 e. The van der Waals surface area contributed by atoms with E-state index in [0.717, 1.165) is 14.9 Å². The monoisotopic (exact) mass is 311 g/mol. The molecule has 1 amide bonds. The van der Waals surface area contributed by atoms with Gasteiger partial charge >= 0.3 is 0 Å². The van der Waals surface area contributed by atoms with Crippen molar-refractivity contribution in [1.82, 2.24) is 10.2 Å². The van der Waals surface area contributed by atoms with Crippen LogP contribution < -0.4 is 5.32 Å². The van der Waals surface area contributed by atoms with Crippen molar-refractivity contribution in [2.45, 2.75) is 15.7 Å². The summed E-state index contributed by atoms with van der Waals surface area (Å²) in [4.78, 5) is 12.9. The lowest BCUT2D eigenvalue weighted by molar-refractivity contribution is -0.115. The molecular formula is C12H13N3OS3. The molecule has 1 aromatic heterocycles. The zero-order valence-corrected chi connectivity index (χ0v) is 12.8. The van der Waals surface area contributed by atoms with Gasteiger partial charge in [0.1, 0.15) is 5.51 Å². The number of amides is 1. The van der Waals surface area contributed by atoms with E-state index in [1.165, 1.54) is 11.3 Å². The number of anilines is 1. The van der Waals surface area contributed by atoms with E-state index in [9.17, 15) is 4.79 Å². The molecule has 0 saturated heterocycles. The molecule has 0 aliphatic heterocycles. The Kier molecular flexibility index (Phi) is 5.68. The van der Waals surface area contributed by atoms with Crippen molar-refractivity contribution in [3.05, 3.63) is 29.8 Å². The molecule has 0 radical (unpaired) electrons.